The topological polar surface area (TPSA) is 75.4 Å². The monoisotopic (exact) mass is 292 g/mol. The van der Waals surface area contributed by atoms with E-state index in [1.807, 2.05) is 25.1 Å². The number of anilines is 1. The number of aliphatic hydroxyl groups excluding tert-OH is 1. The number of amides is 1. The molecule has 0 aliphatic carbocycles. The molecule has 1 atom stereocenters. The number of nitrogens with two attached hydrogens (primary N) is 1. The number of carbonyl (C=O) groups is 1. The first-order valence-corrected chi connectivity index (χ1v) is 7.55. The molecular weight excluding hydrogens is 272 g/mol. The van der Waals surface area contributed by atoms with E-state index in [9.17, 15) is 4.79 Å². The smallest absolute Gasteiger partial charge is 0.263 e. The van der Waals surface area contributed by atoms with Crippen LogP contribution in [-0.4, -0.2) is 23.7 Å². The van der Waals surface area contributed by atoms with Gasteiger partial charge in [-0.25, -0.2) is 0 Å². The van der Waals surface area contributed by atoms with E-state index in [0.717, 1.165) is 22.1 Å². The third kappa shape index (κ3) is 3.29. The van der Waals surface area contributed by atoms with Crippen molar-refractivity contribution in [3.05, 3.63) is 28.6 Å². The van der Waals surface area contributed by atoms with Crippen LogP contribution in [0.4, 0.5) is 5.69 Å². The van der Waals surface area contributed by atoms with E-state index in [1.165, 1.54) is 11.3 Å². The van der Waals surface area contributed by atoms with E-state index in [0.29, 0.717) is 23.5 Å². The summed E-state index contributed by atoms with van der Waals surface area (Å²) in [5.74, 6) is -0.132. The van der Waals surface area contributed by atoms with Gasteiger partial charge in [0.15, 0.2) is 0 Å². The van der Waals surface area contributed by atoms with E-state index in [-0.39, 0.29) is 12.0 Å². The van der Waals surface area contributed by atoms with Gasteiger partial charge in [-0.1, -0.05) is 12.1 Å². The number of carbonyl (C=O) groups excluding carboxylic acids is 1. The van der Waals surface area contributed by atoms with Gasteiger partial charge < -0.3 is 16.2 Å². The van der Waals surface area contributed by atoms with Gasteiger partial charge in [0.2, 0.25) is 0 Å². The van der Waals surface area contributed by atoms with Crippen molar-refractivity contribution in [3.8, 4) is 0 Å². The van der Waals surface area contributed by atoms with Gasteiger partial charge in [0, 0.05) is 16.6 Å². The van der Waals surface area contributed by atoms with E-state index < -0.39 is 0 Å². The molecule has 0 radical (unpaired) electrons. The highest BCUT2D eigenvalue weighted by Gasteiger charge is 2.15. The lowest BCUT2D eigenvalue weighted by Gasteiger charge is -2.05. The number of hydrogen-bond acceptors (Lipinski definition) is 4. The minimum Gasteiger partial charge on any atom is -0.397 e. The van der Waals surface area contributed by atoms with Crippen molar-refractivity contribution in [1.82, 2.24) is 5.32 Å². The first-order chi connectivity index (χ1) is 9.49. The summed E-state index contributed by atoms with van der Waals surface area (Å²) >= 11 is 1.42. The Balaban J connectivity index is 2.08. The van der Waals surface area contributed by atoms with Crippen molar-refractivity contribution in [2.45, 2.75) is 32.8 Å². The lowest BCUT2D eigenvalue weighted by atomic mass is 10.1. The van der Waals surface area contributed by atoms with Gasteiger partial charge >= 0.3 is 0 Å². The molecule has 1 heterocycles. The summed E-state index contributed by atoms with van der Waals surface area (Å²) in [4.78, 5) is 12.7. The molecule has 0 saturated carbocycles. The summed E-state index contributed by atoms with van der Waals surface area (Å²) in [5, 5.41) is 13.0. The normalized spacial score (nSPS) is 12.6. The largest absolute Gasteiger partial charge is 0.397 e. The maximum atomic E-state index is 12.1. The Morgan fingerprint density at radius 1 is 1.50 bits per heavy atom. The van der Waals surface area contributed by atoms with Crippen LogP contribution >= 0.6 is 11.3 Å². The lowest BCUT2D eigenvalue weighted by molar-refractivity contribution is 0.0954. The molecule has 1 unspecified atom stereocenters. The van der Waals surface area contributed by atoms with Crippen LogP contribution < -0.4 is 11.1 Å². The van der Waals surface area contributed by atoms with Crippen molar-refractivity contribution in [3.63, 3.8) is 0 Å². The van der Waals surface area contributed by atoms with Crippen LogP contribution in [0.25, 0.3) is 10.1 Å². The predicted octanol–water partition coefficient (Wildman–Crippen LogP) is 2.68. The lowest BCUT2D eigenvalue weighted by Crippen LogP contribution is -2.24. The van der Waals surface area contributed by atoms with Crippen molar-refractivity contribution in [2.24, 2.45) is 0 Å². The molecular formula is C15H20N2O2S. The second-order valence-electron chi connectivity index (χ2n) is 5.09. The molecule has 108 valence electrons. The summed E-state index contributed by atoms with van der Waals surface area (Å²) in [6.45, 7) is 4.32. The van der Waals surface area contributed by atoms with Crippen LogP contribution in [0, 0.1) is 6.92 Å². The summed E-state index contributed by atoms with van der Waals surface area (Å²) < 4.78 is 1.04. The van der Waals surface area contributed by atoms with Gasteiger partial charge in [0.1, 0.15) is 4.88 Å². The van der Waals surface area contributed by atoms with Gasteiger partial charge in [-0.3, -0.25) is 4.79 Å². The first-order valence-electron chi connectivity index (χ1n) is 6.74. The van der Waals surface area contributed by atoms with Crippen molar-refractivity contribution in [2.75, 3.05) is 12.3 Å². The Morgan fingerprint density at radius 3 is 2.95 bits per heavy atom. The van der Waals surface area contributed by atoms with Gasteiger partial charge in [-0.15, -0.1) is 11.3 Å². The molecule has 1 amide bonds. The summed E-state index contributed by atoms with van der Waals surface area (Å²) in [5.41, 5.74) is 7.76. The van der Waals surface area contributed by atoms with Crippen LogP contribution in [0.15, 0.2) is 18.2 Å². The van der Waals surface area contributed by atoms with Gasteiger partial charge in [0.25, 0.3) is 5.91 Å². The molecule has 2 aromatic rings. The van der Waals surface area contributed by atoms with E-state index in [1.54, 1.807) is 6.92 Å². The van der Waals surface area contributed by atoms with Gasteiger partial charge in [-0.05, 0) is 38.3 Å². The third-order valence-corrected chi connectivity index (χ3v) is 4.34. The molecule has 0 bridgehead atoms. The second-order valence-corrected chi connectivity index (χ2v) is 6.14. The number of rotatable bonds is 5. The molecule has 1 aromatic heterocycles. The third-order valence-electron chi connectivity index (χ3n) is 3.17. The van der Waals surface area contributed by atoms with Gasteiger partial charge in [-0.2, -0.15) is 0 Å². The minimum absolute atomic E-state index is 0.132. The maximum absolute atomic E-state index is 12.1. The molecule has 0 fully saturated rings. The highest BCUT2D eigenvalue weighted by Crippen LogP contribution is 2.34. The SMILES string of the molecule is Cc1ccc2c(N)c(C(=O)NCCCC(C)O)sc2c1. The van der Waals surface area contributed by atoms with Crippen molar-refractivity contribution >= 4 is 33.0 Å². The quantitative estimate of drug-likeness (QED) is 0.742. The number of aliphatic hydroxyl groups is 1. The Morgan fingerprint density at radius 2 is 2.25 bits per heavy atom. The Kier molecular flexibility index (Phi) is 4.62. The maximum Gasteiger partial charge on any atom is 0.263 e. The fraction of sp³-hybridized carbons (Fsp3) is 0.400. The van der Waals surface area contributed by atoms with Crippen LogP contribution in [0.2, 0.25) is 0 Å². The molecule has 1 aromatic carbocycles. The average Bonchev–Trinajstić information content (AvgIpc) is 2.71. The number of nitrogens with one attached hydrogen (secondary N) is 1. The zero-order valence-electron chi connectivity index (χ0n) is 11.8. The second kappa shape index (κ2) is 6.24. The summed E-state index contributed by atoms with van der Waals surface area (Å²) in [6, 6.07) is 6.00. The minimum atomic E-state index is -0.329. The fourth-order valence-electron chi connectivity index (χ4n) is 2.07. The highest BCUT2D eigenvalue weighted by atomic mass is 32.1. The predicted molar refractivity (Wildman–Crippen MR) is 84.2 cm³/mol. The number of nitrogen functional groups attached to an aromatic ring is 1. The van der Waals surface area contributed by atoms with Crippen molar-refractivity contribution in [1.29, 1.82) is 0 Å². The van der Waals surface area contributed by atoms with Crippen molar-refractivity contribution < 1.29 is 9.90 Å². The number of thiophene rings is 1. The standard InChI is InChI=1S/C15H20N2O2S/c1-9-5-6-11-12(8-9)20-14(13(11)16)15(19)17-7-3-4-10(2)18/h5-6,8,10,18H,3-4,7,16H2,1-2H3,(H,17,19). The molecule has 2 rings (SSSR count). The Hall–Kier alpha value is -1.59. The molecule has 0 saturated heterocycles. The average molecular weight is 292 g/mol. The molecule has 0 spiro atoms. The van der Waals surface area contributed by atoms with Crippen LogP contribution in [0.1, 0.15) is 35.0 Å². The number of benzene rings is 1. The summed E-state index contributed by atoms with van der Waals surface area (Å²) in [6.07, 6.45) is 1.11. The zero-order chi connectivity index (χ0) is 14.7. The molecule has 0 aliphatic rings. The molecule has 20 heavy (non-hydrogen) atoms. The molecule has 4 N–H and O–H groups in total. The molecule has 4 nitrogen and oxygen atoms in total. The van der Waals surface area contributed by atoms with Crippen LogP contribution in [0.5, 0.6) is 0 Å². The van der Waals surface area contributed by atoms with E-state index >= 15 is 0 Å². The number of hydrogen-bond donors (Lipinski definition) is 3. The van der Waals surface area contributed by atoms with Crippen LogP contribution in [-0.2, 0) is 0 Å². The molecule has 5 heteroatoms. The van der Waals surface area contributed by atoms with Crippen LogP contribution in [0.3, 0.4) is 0 Å². The highest BCUT2D eigenvalue weighted by molar-refractivity contribution is 7.21. The Labute approximate surface area is 122 Å². The number of aryl methyl sites for hydroxylation is 1. The number of fused-ring (bicyclic) bond motifs is 1. The van der Waals surface area contributed by atoms with Gasteiger partial charge in [0.05, 0.1) is 11.8 Å². The fourth-order valence-corrected chi connectivity index (χ4v) is 3.21. The first kappa shape index (κ1) is 14.8. The van der Waals surface area contributed by atoms with E-state index in [2.05, 4.69) is 5.32 Å². The van der Waals surface area contributed by atoms with E-state index in [4.69, 9.17) is 10.8 Å². The zero-order valence-corrected chi connectivity index (χ0v) is 12.6. The molecule has 0 aliphatic heterocycles. The summed E-state index contributed by atoms with van der Waals surface area (Å²) in [7, 11) is 0. The Bertz CT molecular complexity index is 620.